The number of halogens is 1. The Morgan fingerprint density at radius 2 is 1.68 bits per heavy atom. The van der Waals surface area contributed by atoms with Gasteiger partial charge in [-0.2, -0.15) is 0 Å². The van der Waals surface area contributed by atoms with Crippen molar-refractivity contribution in [3.05, 3.63) is 83.4 Å². The summed E-state index contributed by atoms with van der Waals surface area (Å²) in [4.78, 5) is 7.77. The number of anilines is 2. The molecule has 0 N–H and O–H groups in total. The highest BCUT2D eigenvalue weighted by Gasteiger charge is 2.32. The number of rotatable bonds is 3. The van der Waals surface area contributed by atoms with E-state index < -0.39 is 0 Å². The fourth-order valence-corrected chi connectivity index (χ4v) is 5.60. The van der Waals surface area contributed by atoms with Gasteiger partial charge in [0.1, 0.15) is 0 Å². The maximum absolute atomic E-state index is 6.40. The van der Waals surface area contributed by atoms with Crippen LogP contribution < -0.4 is 4.90 Å². The maximum Gasteiger partial charge on any atom is 0.0570 e. The van der Waals surface area contributed by atoms with Crippen LogP contribution in [0.3, 0.4) is 0 Å². The quantitative estimate of drug-likeness (QED) is 0.483. The summed E-state index contributed by atoms with van der Waals surface area (Å²) in [7, 11) is 0. The molecule has 1 fully saturated rings. The van der Waals surface area contributed by atoms with Gasteiger partial charge in [0, 0.05) is 33.9 Å². The highest BCUT2D eigenvalue weighted by atomic mass is 35.5. The summed E-state index contributed by atoms with van der Waals surface area (Å²) < 4.78 is 0. The molecule has 3 aromatic rings. The topological polar surface area (TPSA) is 6.48 Å². The minimum absolute atomic E-state index is 0.455. The zero-order valence-electron chi connectivity index (χ0n) is 15.7. The lowest BCUT2D eigenvalue weighted by Gasteiger charge is -2.43. The second-order valence-electron chi connectivity index (χ2n) is 7.57. The van der Waals surface area contributed by atoms with Crippen LogP contribution in [0.2, 0.25) is 5.02 Å². The van der Waals surface area contributed by atoms with Crippen molar-refractivity contribution in [1.29, 1.82) is 0 Å². The third-order valence-corrected chi connectivity index (χ3v) is 6.99. The minimum atomic E-state index is 0.455. The van der Waals surface area contributed by atoms with Gasteiger partial charge in [0.05, 0.1) is 11.4 Å². The van der Waals surface area contributed by atoms with E-state index in [-0.39, 0.29) is 0 Å². The van der Waals surface area contributed by atoms with Crippen LogP contribution in [0.4, 0.5) is 11.4 Å². The van der Waals surface area contributed by atoms with Crippen LogP contribution >= 0.6 is 23.4 Å². The molecule has 5 rings (SSSR count). The Balaban J connectivity index is 1.47. The fourth-order valence-electron chi connectivity index (χ4n) is 4.38. The van der Waals surface area contributed by atoms with Crippen LogP contribution in [-0.4, -0.2) is 24.0 Å². The van der Waals surface area contributed by atoms with Gasteiger partial charge in [-0.15, -0.1) is 0 Å². The van der Waals surface area contributed by atoms with Gasteiger partial charge in [-0.1, -0.05) is 65.8 Å². The van der Waals surface area contributed by atoms with Crippen molar-refractivity contribution in [1.82, 2.24) is 4.90 Å². The van der Waals surface area contributed by atoms with E-state index in [9.17, 15) is 0 Å². The standard InChI is InChI=1S/C24H23ClN2S/c25-19-12-13-24-22(15-19)27(21-10-4-5-11-23(21)28-24)20-9-6-14-26(17-20)16-18-7-2-1-3-8-18/h1-5,7-8,10-13,15,20H,6,9,14,16-17H2/t20-/m1/s1. The predicted molar refractivity (Wildman–Crippen MR) is 119 cm³/mol. The molecule has 142 valence electrons. The number of likely N-dealkylation sites (tertiary alicyclic amines) is 1. The van der Waals surface area contributed by atoms with Crippen molar-refractivity contribution in [2.24, 2.45) is 0 Å². The third-order valence-electron chi connectivity index (χ3n) is 5.62. The molecule has 1 atom stereocenters. The van der Waals surface area contributed by atoms with E-state index in [0.717, 1.165) is 24.7 Å². The maximum atomic E-state index is 6.40. The zero-order chi connectivity index (χ0) is 18.9. The molecule has 2 heterocycles. The van der Waals surface area contributed by atoms with Gasteiger partial charge >= 0.3 is 0 Å². The Morgan fingerprint density at radius 1 is 0.893 bits per heavy atom. The number of nitrogens with zero attached hydrogens (tertiary/aromatic N) is 2. The molecule has 28 heavy (non-hydrogen) atoms. The van der Waals surface area contributed by atoms with Crippen LogP contribution in [0.5, 0.6) is 0 Å². The number of hydrogen-bond acceptors (Lipinski definition) is 3. The van der Waals surface area contributed by atoms with Gasteiger partial charge < -0.3 is 4.90 Å². The average molecular weight is 407 g/mol. The van der Waals surface area contributed by atoms with Crippen LogP contribution in [0.25, 0.3) is 0 Å². The Kier molecular flexibility index (Phi) is 5.06. The molecule has 0 unspecified atom stereocenters. The largest absolute Gasteiger partial charge is 0.335 e. The molecule has 0 aliphatic carbocycles. The normalized spacial score (nSPS) is 19.2. The SMILES string of the molecule is Clc1ccc2c(c1)N([C@@H]1CCCN(Cc3ccccc3)C1)c1ccccc1S2. The first kappa shape index (κ1) is 18.1. The summed E-state index contributed by atoms with van der Waals surface area (Å²) in [5.74, 6) is 0. The number of hydrogen-bond donors (Lipinski definition) is 0. The lowest BCUT2D eigenvalue weighted by atomic mass is 10.0. The van der Waals surface area contributed by atoms with E-state index in [2.05, 4.69) is 76.5 Å². The van der Waals surface area contributed by atoms with E-state index in [1.54, 1.807) is 0 Å². The van der Waals surface area contributed by atoms with Gasteiger partial charge in [0.25, 0.3) is 0 Å². The molecule has 3 aromatic carbocycles. The smallest absolute Gasteiger partial charge is 0.0570 e. The fraction of sp³-hybridized carbons (Fsp3) is 0.250. The number of benzene rings is 3. The summed E-state index contributed by atoms with van der Waals surface area (Å²) >= 11 is 8.25. The second kappa shape index (κ2) is 7.82. The van der Waals surface area contributed by atoms with Crippen LogP contribution in [-0.2, 0) is 6.54 Å². The first-order valence-corrected chi connectivity index (χ1v) is 11.1. The second-order valence-corrected chi connectivity index (χ2v) is 9.09. The Bertz CT molecular complexity index is 975. The number of fused-ring (bicyclic) bond motifs is 2. The Labute approximate surface area is 176 Å². The van der Waals surface area contributed by atoms with Crippen molar-refractivity contribution < 1.29 is 0 Å². The van der Waals surface area contributed by atoms with Gasteiger partial charge in [-0.3, -0.25) is 4.90 Å². The van der Waals surface area contributed by atoms with Gasteiger partial charge in [-0.25, -0.2) is 0 Å². The molecule has 0 aromatic heterocycles. The third kappa shape index (κ3) is 3.55. The highest BCUT2D eigenvalue weighted by Crippen LogP contribution is 2.50. The van der Waals surface area contributed by atoms with Crippen LogP contribution in [0.15, 0.2) is 82.6 Å². The van der Waals surface area contributed by atoms with Gasteiger partial charge in [0.2, 0.25) is 0 Å². The van der Waals surface area contributed by atoms with Crippen molar-refractivity contribution in [2.45, 2.75) is 35.2 Å². The van der Waals surface area contributed by atoms with E-state index >= 15 is 0 Å². The molecule has 0 amide bonds. The molecule has 2 aliphatic heterocycles. The van der Waals surface area contributed by atoms with Crippen molar-refractivity contribution in [3.63, 3.8) is 0 Å². The molecular weight excluding hydrogens is 384 g/mol. The van der Waals surface area contributed by atoms with E-state index in [1.165, 1.54) is 39.6 Å². The summed E-state index contributed by atoms with van der Waals surface area (Å²) in [5, 5.41) is 0.806. The monoisotopic (exact) mass is 406 g/mol. The summed E-state index contributed by atoms with van der Waals surface area (Å²) in [6.07, 6.45) is 2.43. The van der Waals surface area contributed by atoms with Gasteiger partial charge in [0.15, 0.2) is 0 Å². The van der Waals surface area contributed by atoms with Crippen molar-refractivity contribution >= 4 is 34.7 Å². The number of para-hydroxylation sites is 1. The van der Waals surface area contributed by atoms with Crippen LogP contribution in [0, 0.1) is 0 Å². The lowest BCUT2D eigenvalue weighted by molar-refractivity contribution is 0.200. The molecule has 2 aliphatic rings. The summed E-state index contributed by atoms with van der Waals surface area (Å²) in [6, 6.07) is 26.3. The molecular formula is C24H23ClN2S. The Hall–Kier alpha value is -1.94. The first-order chi connectivity index (χ1) is 13.8. The molecule has 2 nitrogen and oxygen atoms in total. The number of piperidine rings is 1. The van der Waals surface area contributed by atoms with Gasteiger partial charge in [-0.05, 0) is 55.3 Å². The highest BCUT2D eigenvalue weighted by molar-refractivity contribution is 7.99. The minimum Gasteiger partial charge on any atom is -0.335 e. The molecule has 1 saturated heterocycles. The zero-order valence-corrected chi connectivity index (χ0v) is 17.3. The molecule has 0 spiro atoms. The lowest BCUT2D eigenvalue weighted by Crippen LogP contribution is -2.46. The Morgan fingerprint density at radius 3 is 2.57 bits per heavy atom. The average Bonchev–Trinajstić information content (AvgIpc) is 2.73. The molecule has 0 saturated carbocycles. The van der Waals surface area contributed by atoms with E-state index in [1.807, 2.05) is 17.8 Å². The first-order valence-electron chi connectivity index (χ1n) is 9.90. The molecule has 4 heteroatoms. The summed E-state index contributed by atoms with van der Waals surface area (Å²) in [5.41, 5.74) is 3.96. The van der Waals surface area contributed by atoms with Crippen LogP contribution in [0.1, 0.15) is 18.4 Å². The van der Waals surface area contributed by atoms with Crippen molar-refractivity contribution in [3.8, 4) is 0 Å². The predicted octanol–water partition coefficient (Wildman–Crippen LogP) is 6.61. The van der Waals surface area contributed by atoms with E-state index in [4.69, 9.17) is 11.6 Å². The van der Waals surface area contributed by atoms with Crippen molar-refractivity contribution in [2.75, 3.05) is 18.0 Å². The van der Waals surface area contributed by atoms with E-state index in [0.29, 0.717) is 6.04 Å². The summed E-state index contributed by atoms with van der Waals surface area (Å²) in [6.45, 7) is 3.25. The molecule has 0 bridgehead atoms. The molecule has 0 radical (unpaired) electrons.